The Labute approximate surface area is 198 Å². The molecule has 2 heterocycles. The van der Waals surface area contributed by atoms with E-state index in [0.717, 1.165) is 35.8 Å². The number of unbranched alkanes of at least 4 members (excludes halogenated alkanes) is 1. The molecule has 0 saturated carbocycles. The van der Waals surface area contributed by atoms with Crippen molar-refractivity contribution in [3.05, 3.63) is 0 Å². The monoisotopic (exact) mass is 513 g/mol. The lowest BCUT2D eigenvalue weighted by Crippen LogP contribution is -2.36. The number of fused-ring (bicyclic) bond motifs is 1. The fraction of sp³-hybridized carbons (Fsp3) is 0.895. The van der Waals surface area contributed by atoms with Crippen molar-refractivity contribution in [1.82, 2.24) is 16.0 Å². The van der Waals surface area contributed by atoms with E-state index in [1.807, 2.05) is 11.8 Å². The number of amides is 3. The van der Waals surface area contributed by atoms with Crippen LogP contribution in [0.2, 0.25) is 0 Å². The molecule has 3 amide bonds. The first-order valence-electron chi connectivity index (χ1n) is 10.9. The molecular weight excluding hydrogens is 478 g/mol. The van der Waals surface area contributed by atoms with Crippen molar-refractivity contribution < 1.29 is 32.2 Å². The zero-order valence-corrected chi connectivity index (χ0v) is 21.0. The maximum atomic E-state index is 11.9. The lowest BCUT2D eigenvalue weighted by atomic mass is 10.0. The van der Waals surface area contributed by atoms with Crippen LogP contribution in [0.3, 0.4) is 0 Å². The van der Waals surface area contributed by atoms with E-state index in [1.54, 1.807) is 0 Å². The van der Waals surface area contributed by atoms with Crippen LogP contribution < -0.4 is 16.0 Å². The largest absolute Gasteiger partial charge is 0.378 e. The summed E-state index contributed by atoms with van der Waals surface area (Å²) < 4.78 is 37.9. The molecule has 0 spiro atoms. The summed E-state index contributed by atoms with van der Waals surface area (Å²) in [5.74, 6) is 1.40. The highest BCUT2D eigenvalue weighted by atomic mass is 33.1. The summed E-state index contributed by atoms with van der Waals surface area (Å²) in [4.78, 5) is 23.3. The molecule has 0 aromatic carbocycles. The van der Waals surface area contributed by atoms with Crippen LogP contribution in [-0.4, -0.2) is 102 Å². The van der Waals surface area contributed by atoms with Gasteiger partial charge >= 0.3 is 6.03 Å². The van der Waals surface area contributed by atoms with Gasteiger partial charge in [-0.3, -0.25) is 4.79 Å². The Hall–Kier alpha value is -0.730. The van der Waals surface area contributed by atoms with E-state index >= 15 is 0 Å². The molecule has 0 aliphatic carbocycles. The minimum absolute atomic E-state index is 0.0313. The molecule has 186 valence electrons. The minimum atomic E-state index is -3.01. The van der Waals surface area contributed by atoms with Gasteiger partial charge in [0.1, 0.15) is 0 Å². The van der Waals surface area contributed by atoms with E-state index in [-0.39, 0.29) is 24.0 Å². The molecule has 0 aromatic heterocycles. The molecule has 0 unspecified atom stereocenters. The molecule has 3 atom stereocenters. The van der Waals surface area contributed by atoms with Gasteiger partial charge in [0, 0.05) is 36.0 Å². The second kappa shape index (κ2) is 15.2. The van der Waals surface area contributed by atoms with Gasteiger partial charge in [-0.25, -0.2) is 13.2 Å². The first-order chi connectivity index (χ1) is 15.3. The Morgan fingerprint density at radius 2 is 1.78 bits per heavy atom. The number of hydrogen-bond acceptors (Lipinski definition) is 9. The van der Waals surface area contributed by atoms with Crippen molar-refractivity contribution in [3.63, 3.8) is 0 Å². The molecular formula is C19H35N3O7S3. The number of urea groups is 1. The third-order valence-electron chi connectivity index (χ3n) is 4.92. The lowest BCUT2D eigenvalue weighted by molar-refractivity contribution is -0.121. The SMILES string of the molecule is CS(=O)(=O)SCCOCCOCCOCCNC(=O)CCCC[C@@H]1SC[C@@H]2NC(=O)N[C@@H]21. The quantitative estimate of drug-likeness (QED) is 0.137. The van der Waals surface area contributed by atoms with Crippen LogP contribution in [0.15, 0.2) is 0 Å². The van der Waals surface area contributed by atoms with E-state index in [0.29, 0.717) is 63.6 Å². The first-order valence-corrected chi connectivity index (χ1v) is 15.3. The molecule has 0 radical (unpaired) electrons. The normalized spacial score (nSPS) is 22.4. The molecule has 13 heteroatoms. The Bertz CT molecular complexity index is 681. The van der Waals surface area contributed by atoms with Gasteiger partial charge in [0.2, 0.25) is 5.91 Å². The van der Waals surface area contributed by atoms with Gasteiger partial charge in [0.05, 0.1) is 51.7 Å². The number of thioether (sulfide) groups is 1. The Kier molecular flexibility index (Phi) is 13.1. The van der Waals surface area contributed by atoms with Gasteiger partial charge in [-0.05, 0) is 23.6 Å². The highest BCUT2D eigenvalue weighted by Gasteiger charge is 2.42. The maximum absolute atomic E-state index is 11.9. The van der Waals surface area contributed by atoms with Crippen molar-refractivity contribution >= 4 is 43.4 Å². The smallest absolute Gasteiger partial charge is 0.315 e. The van der Waals surface area contributed by atoms with Crippen LogP contribution in [0, 0.1) is 0 Å². The fourth-order valence-corrected chi connectivity index (χ4v) is 6.56. The molecule has 0 aromatic rings. The number of ether oxygens (including phenoxy) is 3. The molecule has 2 aliphatic heterocycles. The molecule has 2 fully saturated rings. The molecule has 3 N–H and O–H groups in total. The highest BCUT2D eigenvalue weighted by molar-refractivity contribution is 8.71. The van der Waals surface area contributed by atoms with Gasteiger partial charge < -0.3 is 30.2 Å². The minimum Gasteiger partial charge on any atom is -0.378 e. The van der Waals surface area contributed by atoms with E-state index in [9.17, 15) is 18.0 Å². The van der Waals surface area contributed by atoms with Crippen LogP contribution >= 0.6 is 22.6 Å². The topological polar surface area (TPSA) is 132 Å². The summed E-state index contributed by atoms with van der Waals surface area (Å²) >= 11 is 1.89. The zero-order valence-electron chi connectivity index (χ0n) is 18.5. The van der Waals surface area contributed by atoms with Gasteiger partial charge in [-0.2, -0.15) is 11.8 Å². The van der Waals surface area contributed by atoms with Crippen molar-refractivity contribution in [3.8, 4) is 0 Å². The summed E-state index contributed by atoms with van der Waals surface area (Å²) in [7, 11) is -2.14. The van der Waals surface area contributed by atoms with Crippen molar-refractivity contribution in [1.29, 1.82) is 0 Å². The van der Waals surface area contributed by atoms with E-state index in [2.05, 4.69) is 16.0 Å². The Balaban J connectivity index is 1.31. The average molecular weight is 514 g/mol. The molecule has 2 rings (SSSR count). The molecule has 2 aliphatic rings. The van der Waals surface area contributed by atoms with Crippen LogP contribution in [0.1, 0.15) is 25.7 Å². The maximum Gasteiger partial charge on any atom is 0.315 e. The summed E-state index contributed by atoms with van der Waals surface area (Å²) in [5, 5.41) is 9.21. The predicted octanol–water partition coefficient (Wildman–Crippen LogP) is 0.571. The number of nitrogens with one attached hydrogen (secondary N) is 3. The highest BCUT2D eigenvalue weighted by Crippen LogP contribution is 2.33. The standard InChI is InChI=1S/C19H35N3O7S3/c1-32(25,26)31-13-12-29-11-10-28-9-8-27-7-6-20-17(23)5-3-2-4-16-18-15(14-30-16)21-19(24)22-18/h15-16,18H,2-14H2,1H3,(H,20,23)(H2,21,22,24)/t15-,16-,18-/m0/s1. The fourth-order valence-electron chi connectivity index (χ4n) is 3.41. The second-order valence-electron chi connectivity index (χ2n) is 7.58. The molecule has 10 nitrogen and oxygen atoms in total. The van der Waals surface area contributed by atoms with E-state index in [4.69, 9.17) is 14.2 Å². The van der Waals surface area contributed by atoms with Crippen LogP contribution in [0.4, 0.5) is 4.79 Å². The third-order valence-corrected chi connectivity index (χ3v) is 8.97. The summed E-state index contributed by atoms with van der Waals surface area (Å²) in [6.07, 6.45) is 4.50. The van der Waals surface area contributed by atoms with Gasteiger partial charge in [-0.1, -0.05) is 6.42 Å². The summed E-state index contributed by atoms with van der Waals surface area (Å²) in [5.41, 5.74) is 0. The second-order valence-corrected chi connectivity index (χ2v) is 13.4. The zero-order chi connectivity index (χ0) is 23.2. The van der Waals surface area contributed by atoms with Gasteiger partial charge in [0.25, 0.3) is 0 Å². The number of rotatable bonds is 18. The van der Waals surface area contributed by atoms with Crippen LogP contribution in [0.5, 0.6) is 0 Å². The Morgan fingerprint density at radius 3 is 2.50 bits per heavy atom. The van der Waals surface area contributed by atoms with Crippen molar-refractivity contribution in [2.75, 3.05) is 63.9 Å². The van der Waals surface area contributed by atoms with Gasteiger partial charge in [0.15, 0.2) is 8.87 Å². The third kappa shape index (κ3) is 11.9. The van der Waals surface area contributed by atoms with Crippen LogP contribution in [-0.2, 0) is 27.9 Å². The number of carbonyl (C=O) groups excluding carboxylic acids is 2. The van der Waals surface area contributed by atoms with E-state index in [1.165, 1.54) is 6.26 Å². The summed E-state index contributed by atoms with van der Waals surface area (Å²) in [6, 6.07) is 0.407. The Morgan fingerprint density at radius 1 is 1.09 bits per heavy atom. The van der Waals surface area contributed by atoms with Crippen molar-refractivity contribution in [2.24, 2.45) is 0 Å². The summed E-state index contributed by atoms with van der Waals surface area (Å²) in [6.45, 7) is 2.98. The first kappa shape index (κ1) is 27.5. The molecule has 0 bridgehead atoms. The van der Waals surface area contributed by atoms with Gasteiger partial charge in [-0.15, -0.1) is 0 Å². The predicted molar refractivity (Wildman–Crippen MR) is 127 cm³/mol. The lowest BCUT2D eigenvalue weighted by Gasteiger charge is -2.16. The number of hydrogen-bond donors (Lipinski definition) is 3. The number of carbonyl (C=O) groups is 2. The van der Waals surface area contributed by atoms with E-state index < -0.39 is 8.87 Å². The molecule has 32 heavy (non-hydrogen) atoms. The van der Waals surface area contributed by atoms with Crippen molar-refractivity contribution in [2.45, 2.75) is 43.0 Å². The van der Waals surface area contributed by atoms with Crippen LogP contribution in [0.25, 0.3) is 0 Å². The average Bonchev–Trinajstić information content (AvgIpc) is 3.27. The molecule has 2 saturated heterocycles.